The van der Waals surface area contributed by atoms with Gasteiger partial charge in [0.15, 0.2) is 11.4 Å². The molecule has 0 bridgehead atoms. The third kappa shape index (κ3) is 6.47. The lowest BCUT2D eigenvalue weighted by molar-refractivity contribution is 0.0528. The Morgan fingerprint density at radius 1 is 0.867 bits per heavy atom. The molecular formula is C36H33N5O4. The number of aromatic nitrogens is 2. The zero-order valence-corrected chi connectivity index (χ0v) is 25.3. The van der Waals surface area contributed by atoms with E-state index in [2.05, 4.69) is 15.3 Å². The van der Waals surface area contributed by atoms with Gasteiger partial charge >= 0.3 is 6.09 Å². The van der Waals surface area contributed by atoms with E-state index in [1.165, 1.54) is 6.33 Å². The number of nitrogens with one attached hydrogen (secondary N) is 1. The molecule has 0 saturated carbocycles. The van der Waals surface area contributed by atoms with Crippen molar-refractivity contribution in [2.75, 3.05) is 16.6 Å². The van der Waals surface area contributed by atoms with Crippen LogP contribution in [0.15, 0.2) is 120 Å². The van der Waals surface area contributed by atoms with Crippen LogP contribution in [-0.4, -0.2) is 34.1 Å². The van der Waals surface area contributed by atoms with E-state index < -0.39 is 11.7 Å². The van der Waals surface area contributed by atoms with Gasteiger partial charge in [0.2, 0.25) is 0 Å². The van der Waals surface area contributed by atoms with E-state index in [4.69, 9.17) is 9.15 Å². The summed E-state index contributed by atoms with van der Waals surface area (Å²) in [4.78, 5) is 35.5. The number of anilines is 3. The fourth-order valence-corrected chi connectivity index (χ4v) is 5.14. The maximum atomic E-state index is 14.7. The summed E-state index contributed by atoms with van der Waals surface area (Å²) in [5.41, 5.74) is 3.39. The highest BCUT2D eigenvalue weighted by molar-refractivity contribution is 6.13. The van der Waals surface area contributed by atoms with E-state index in [9.17, 15) is 9.59 Å². The predicted molar refractivity (Wildman–Crippen MR) is 176 cm³/mol. The van der Waals surface area contributed by atoms with Gasteiger partial charge in [-0.3, -0.25) is 4.79 Å². The molecular weight excluding hydrogens is 566 g/mol. The lowest BCUT2D eigenvalue weighted by Crippen LogP contribution is -2.45. The first-order valence-electron chi connectivity index (χ1n) is 14.7. The van der Waals surface area contributed by atoms with Crippen molar-refractivity contribution < 1.29 is 18.7 Å². The van der Waals surface area contributed by atoms with Crippen LogP contribution in [0.2, 0.25) is 0 Å². The van der Waals surface area contributed by atoms with E-state index in [1.807, 2.05) is 112 Å². The number of carbonyl (C=O) groups excluding carboxylic acids is 2. The number of amides is 2. The second-order valence-corrected chi connectivity index (χ2v) is 11.5. The zero-order chi connectivity index (χ0) is 31.4. The number of fused-ring (bicyclic) bond motifs is 3. The molecule has 9 nitrogen and oxygen atoms in total. The number of para-hydroxylation sites is 3. The summed E-state index contributed by atoms with van der Waals surface area (Å²) in [6, 6.07) is 32.3. The molecule has 1 N–H and O–H groups in total. The molecule has 9 heteroatoms. The van der Waals surface area contributed by atoms with Crippen LogP contribution >= 0.6 is 0 Å². The maximum Gasteiger partial charge on any atom is 0.407 e. The first kappa shape index (κ1) is 29.4. The minimum atomic E-state index is -0.584. The molecule has 6 aromatic rings. The van der Waals surface area contributed by atoms with Crippen LogP contribution in [0.25, 0.3) is 21.9 Å². The molecule has 0 spiro atoms. The summed E-state index contributed by atoms with van der Waals surface area (Å²) < 4.78 is 11.7. The van der Waals surface area contributed by atoms with Gasteiger partial charge in [0, 0.05) is 35.1 Å². The van der Waals surface area contributed by atoms with Crippen LogP contribution < -0.4 is 15.3 Å². The second-order valence-electron chi connectivity index (χ2n) is 11.5. The molecule has 0 aliphatic rings. The molecule has 0 radical (unpaired) electrons. The molecule has 226 valence electrons. The van der Waals surface area contributed by atoms with Crippen molar-refractivity contribution in [1.82, 2.24) is 15.3 Å². The molecule has 0 atom stereocenters. The van der Waals surface area contributed by atoms with Crippen molar-refractivity contribution in [2.45, 2.75) is 32.8 Å². The van der Waals surface area contributed by atoms with E-state index in [-0.39, 0.29) is 5.91 Å². The van der Waals surface area contributed by atoms with Gasteiger partial charge < -0.3 is 14.5 Å². The van der Waals surface area contributed by atoms with Crippen molar-refractivity contribution in [1.29, 1.82) is 0 Å². The topological polar surface area (TPSA) is 101 Å². The number of ether oxygens (including phenoxy) is 1. The highest BCUT2D eigenvalue weighted by Crippen LogP contribution is 2.39. The Balaban J connectivity index is 1.42. The lowest BCUT2D eigenvalue weighted by atomic mass is 10.1. The quantitative estimate of drug-likeness (QED) is 0.178. The van der Waals surface area contributed by atoms with Gasteiger partial charge in [0.05, 0.1) is 5.69 Å². The first-order valence-corrected chi connectivity index (χ1v) is 14.7. The third-order valence-corrected chi connectivity index (χ3v) is 7.04. The van der Waals surface area contributed by atoms with E-state index >= 15 is 0 Å². The molecule has 0 saturated heterocycles. The van der Waals surface area contributed by atoms with Gasteiger partial charge in [-0.05, 0) is 69.2 Å². The van der Waals surface area contributed by atoms with Crippen molar-refractivity contribution in [3.8, 4) is 0 Å². The summed E-state index contributed by atoms with van der Waals surface area (Å²) in [6.45, 7) is 5.81. The Morgan fingerprint density at radius 3 is 2.40 bits per heavy atom. The second kappa shape index (κ2) is 12.5. The smallest absolute Gasteiger partial charge is 0.407 e. The number of nitrogens with zero attached hydrogens (tertiary/aromatic N) is 4. The van der Waals surface area contributed by atoms with Gasteiger partial charge in [-0.25, -0.2) is 24.8 Å². The fraction of sp³-hybridized carbons (Fsp3) is 0.167. The van der Waals surface area contributed by atoms with Crippen molar-refractivity contribution in [3.63, 3.8) is 0 Å². The van der Waals surface area contributed by atoms with E-state index in [0.29, 0.717) is 41.3 Å². The molecule has 0 aliphatic heterocycles. The highest BCUT2D eigenvalue weighted by Gasteiger charge is 2.30. The number of rotatable bonds is 8. The Hall–Kier alpha value is -5.70. The van der Waals surface area contributed by atoms with Gasteiger partial charge in [-0.2, -0.15) is 0 Å². The van der Waals surface area contributed by atoms with Crippen molar-refractivity contribution >= 4 is 51.1 Å². The Bertz CT molecular complexity index is 1950. The number of benzene rings is 4. The van der Waals surface area contributed by atoms with E-state index in [0.717, 1.165) is 21.9 Å². The van der Waals surface area contributed by atoms with Crippen LogP contribution in [0.1, 0.15) is 36.7 Å². The number of hydrazine groups is 1. The largest absolute Gasteiger partial charge is 0.454 e. The fourth-order valence-electron chi connectivity index (χ4n) is 5.14. The van der Waals surface area contributed by atoms with E-state index in [1.54, 1.807) is 28.3 Å². The summed E-state index contributed by atoms with van der Waals surface area (Å²) >= 11 is 0. The third-order valence-electron chi connectivity index (χ3n) is 7.04. The Labute approximate surface area is 261 Å². The van der Waals surface area contributed by atoms with Crippen LogP contribution in [-0.2, 0) is 11.2 Å². The SMILES string of the molecule is CC(C)(C)OC(=O)NCCc1cccc(C(=O)N(c2ccccc2)N(c2ccncn2)c2cccc3c2oc2ccccc23)c1. The van der Waals surface area contributed by atoms with Gasteiger partial charge in [0.25, 0.3) is 5.91 Å². The molecule has 0 fully saturated rings. The van der Waals surface area contributed by atoms with Gasteiger partial charge in [-0.15, -0.1) is 0 Å². The predicted octanol–water partition coefficient (Wildman–Crippen LogP) is 7.84. The highest BCUT2D eigenvalue weighted by atomic mass is 16.6. The molecule has 0 unspecified atom stereocenters. The summed E-state index contributed by atoms with van der Waals surface area (Å²) in [6.07, 6.45) is 3.12. The Morgan fingerprint density at radius 2 is 1.62 bits per heavy atom. The normalized spacial score (nSPS) is 11.4. The average Bonchev–Trinajstić information content (AvgIpc) is 3.43. The number of furan rings is 1. The van der Waals surface area contributed by atoms with Crippen LogP contribution in [0.4, 0.5) is 22.0 Å². The number of hydrogen-bond acceptors (Lipinski definition) is 7. The van der Waals surface area contributed by atoms with Crippen LogP contribution in [0, 0.1) is 0 Å². The van der Waals surface area contributed by atoms with Crippen LogP contribution in [0.3, 0.4) is 0 Å². The lowest BCUT2D eigenvalue weighted by Gasteiger charge is -2.35. The summed E-state index contributed by atoms with van der Waals surface area (Å²) in [5, 5.41) is 8.04. The monoisotopic (exact) mass is 599 g/mol. The molecule has 4 aromatic carbocycles. The molecule has 2 amide bonds. The Kier molecular flexibility index (Phi) is 8.16. The number of hydrogen-bond donors (Lipinski definition) is 1. The molecule has 6 rings (SSSR count). The zero-order valence-electron chi connectivity index (χ0n) is 25.3. The maximum absolute atomic E-state index is 14.7. The van der Waals surface area contributed by atoms with Gasteiger partial charge in [0.1, 0.15) is 23.2 Å². The standard InChI is InChI=1S/C36H33N5O4/c1-36(2,3)45-35(43)38-22-19-25-11-9-12-26(23-25)34(42)40(27-13-5-4-6-14-27)41(32-20-21-37-24-39-32)30-17-10-16-29-28-15-7-8-18-31(28)44-33(29)30/h4-18,20-21,23-24H,19,22H2,1-3H3,(H,38,43). The summed E-state index contributed by atoms with van der Waals surface area (Å²) in [7, 11) is 0. The van der Waals surface area contributed by atoms with Crippen molar-refractivity contribution in [2.24, 2.45) is 0 Å². The van der Waals surface area contributed by atoms with Gasteiger partial charge in [-0.1, -0.05) is 60.7 Å². The average molecular weight is 600 g/mol. The van der Waals surface area contributed by atoms with Crippen LogP contribution in [0.5, 0.6) is 0 Å². The number of alkyl carbamates (subject to hydrolysis) is 1. The first-order chi connectivity index (χ1) is 21.8. The number of carbonyl (C=O) groups is 2. The van der Waals surface area contributed by atoms with Crippen molar-refractivity contribution in [3.05, 3.63) is 127 Å². The summed E-state index contributed by atoms with van der Waals surface area (Å²) in [5.74, 6) is 0.197. The molecule has 2 aromatic heterocycles. The molecule has 0 aliphatic carbocycles. The minimum absolute atomic E-state index is 0.283. The molecule has 45 heavy (non-hydrogen) atoms. The minimum Gasteiger partial charge on any atom is -0.454 e. The molecule has 2 heterocycles.